The number of carbonyl (C=O) groups is 2. The summed E-state index contributed by atoms with van der Waals surface area (Å²) in [7, 11) is 0. The second kappa shape index (κ2) is 16.4. The van der Waals surface area contributed by atoms with Crippen LogP contribution in [0.3, 0.4) is 0 Å². The van der Waals surface area contributed by atoms with Crippen molar-refractivity contribution in [1.82, 2.24) is 12.3 Å². The van der Waals surface area contributed by atoms with E-state index >= 15 is 0 Å². The molecule has 8 nitrogen and oxygen atoms in total. The van der Waals surface area contributed by atoms with Crippen molar-refractivity contribution in [3.8, 4) is 0 Å². The molecule has 10 N–H and O–H groups in total. The lowest BCUT2D eigenvalue weighted by Crippen LogP contribution is -1.98. The number of hydrogen-bond donors (Lipinski definition) is 6. The summed E-state index contributed by atoms with van der Waals surface area (Å²) in [6.07, 6.45) is 0. The van der Waals surface area contributed by atoms with E-state index in [1.807, 2.05) is 0 Å². The van der Waals surface area contributed by atoms with Crippen molar-refractivity contribution < 1.29 is 30.0 Å². The molecule has 12 heavy (non-hydrogen) atoms. The summed E-state index contributed by atoms with van der Waals surface area (Å²) in [6.45, 7) is -1.56. The van der Waals surface area contributed by atoms with Crippen LogP contribution in [0.25, 0.3) is 0 Å². The zero-order valence-electron chi connectivity index (χ0n) is 6.43. The maximum atomic E-state index is 9.12. The monoisotopic (exact) mass is 186 g/mol. The van der Waals surface area contributed by atoms with E-state index in [-0.39, 0.29) is 12.3 Å². The highest BCUT2D eigenvalue weighted by Gasteiger charge is 1.83. The van der Waals surface area contributed by atoms with Crippen LogP contribution in [0.2, 0.25) is 0 Å². The van der Waals surface area contributed by atoms with Gasteiger partial charge in [0, 0.05) is 0 Å². The smallest absolute Gasteiger partial charge is 0.329 e. The lowest BCUT2D eigenvalue weighted by molar-refractivity contribution is -0.141. The Hall–Kier alpha value is -1.22. The molecule has 0 radical (unpaired) electrons. The lowest BCUT2D eigenvalue weighted by atomic mass is 10.8. The molecule has 0 aromatic heterocycles. The molecule has 76 valence electrons. The van der Waals surface area contributed by atoms with Crippen molar-refractivity contribution in [3.05, 3.63) is 0 Å². The predicted octanol–water partition coefficient (Wildman–Crippen LogP) is -1.55. The van der Waals surface area contributed by atoms with Gasteiger partial charge in [0.05, 0.1) is 0 Å². The highest BCUT2D eigenvalue weighted by molar-refractivity contribution is 5.67. The zero-order valence-corrected chi connectivity index (χ0v) is 6.43. The van der Waals surface area contributed by atoms with E-state index in [9.17, 15) is 0 Å². The summed E-state index contributed by atoms with van der Waals surface area (Å²) in [4.78, 5) is 18.2. The fraction of sp³-hybridized carbons (Fsp3) is 0.500. The van der Waals surface area contributed by atoms with Gasteiger partial charge in [-0.3, -0.25) is 0 Å². The average molecular weight is 186 g/mol. The first-order valence-electron chi connectivity index (χ1n) is 2.20. The summed E-state index contributed by atoms with van der Waals surface area (Å²) in [5, 5.41) is 30.0. The molecule has 0 aliphatic rings. The number of carboxylic acids is 2. The summed E-state index contributed by atoms with van der Waals surface area (Å²) in [5.74, 6) is -2.38. The number of carboxylic acid groups (broad SMARTS) is 2. The van der Waals surface area contributed by atoms with Gasteiger partial charge < -0.3 is 32.7 Å². The summed E-state index contributed by atoms with van der Waals surface area (Å²) in [6, 6.07) is 0. The van der Waals surface area contributed by atoms with Crippen molar-refractivity contribution in [2.24, 2.45) is 0 Å². The van der Waals surface area contributed by atoms with E-state index in [0.717, 1.165) is 0 Å². The van der Waals surface area contributed by atoms with Crippen molar-refractivity contribution in [2.45, 2.75) is 0 Å². The van der Waals surface area contributed by atoms with Crippen molar-refractivity contribution >= 4 is 11.9 Å². The molecule has 0 rings (SSSR count). The van der Waals surface area contributed by atoms with Crippen LogP contribution in [0.1, 0.15) is 0 Å². The van der Waals surface area contributed by atoms with Crippen LogP contribution in [0.5, 0.6) is 0 Å². The summed E-state index contributed by atoms with van der Waals surface area (Å²) in [5.41, 5.74) is 0. The maximum absolute atomic E-state index is 9.12. The van der Waals surface area contributed by atoms with Gasteiger partial charge in [-0.25, -0.2) is 9.59 Å². The Morgan fingerprint density at radius 1 is 0.833 bits per heavy atom. The van der Waals surface area contributed by atoms with Gasteiger partial charge in [-0.15, -0.1) is 0 Å². The van der Waals surface area contributed by atoms with Gasteiger partial charge in [0.2, 0.25) is 0 Å². The fourth-order valence-corrected chi connectivity index (χ4v) is 0. The molecule has 0 aliphatic carbocycles. The van der Waals surface area contributed by atoms with Gasteiger partial charge in [0.1, 0.15) is 13.2 Å². The van der Waals surface area contributed by atoms with Crippen molar-refractivity contribution in [1.29, 1.82) is 0 Å². The van der Waals surface area contributed by atoms with Crippen LogP contribution >= 0.6 is 0 Å². The van der Waals surface area contributed by atoms with Crippen LogP contribution in [0.4, 0.5) is 0 Å². The highest BCUT2D eigenvalue weighted by atomic mass is 16.4. The Morgan fingerprint density at radius 2 is 0.917 bits per heavy atom. The van der Waals surface area contributed by atoms with E-state index in [1.165, 1.54) is 0 Å². The molecular formula is C4H14N2O6. The van der Waals surface area contributed by atoms with E-state index in [0.29, 0.717) is 0 Å². The molecule has 8 heteroatoms. The van der Waals surface area contributed by atoms with Gasteiger partial charge in [-0.2, -0.15) is 0 Å². The van der Waals surface area contributed by atoms with Crippen LogP contribution < -0.4 is 12.3 Å². The van der Waals surface area contributed by atoms with E-state index in [1.54, 1.807) is 0 Å². The van der Waals surface area contributed by atoms with Crippen LogP contribution in [-0.2, 0) is 9.59 Å². The minimum atomic E-state index is -1.19. The summed E-state index contributed by atoms with van der Waals surface area (Å²) >= 11 is 0. The first kappa shape index (κ1) is 22.4. The Morgan fingerprint density at radius 3 is 0.917 bits per heavy atom. The molecule has 0 amide bonds. The van der Waals surface area contributed by atoms with Gasteiger partial charge in [-0.1, -0.05) is 0 Å². The number of hydrogen-bond acceptors (Lipinski definition) is 6. The molecule has 0 fully saturated rings. The number of rotatable bonds is 2. The summed E-state index contributed by atoms with van der Waals surface area (Å²) < 4.78 is 0. The normalized spacial score (nSPS) is 6.17. The molecule has 0 aromatic carbocycles. The van der Waals surface area contributed by atoms with Gasteiger partial charge >= 0.3 is 11.9 Å². The predicted molar refractivity (Wildman–Crippen MR) is 39.5 cm³/mol. The molecule has 0 atom stereocenters. The fourth-order valence-electron chi connectivity index (χ4n) is 0. The largest absolute Gasteiger partial charge is 0.480 e. The van der Waals surface area contributed by atoms with Crippen LogP contribution in [0, 0.1) is 0 Å². The third kappa shape index (κ3) is 68.8. The Bertz CT molecular complexity index is 102. The molecular weight excluding hydrogens is 172 g/mol. The third-order valence-electron chi connectivity index (χ3n) is 0.271. The Balaban J connectivity index is -0.0000000457. The zero-order chi connectivity index (χ0) is 8.57. The molecule has 0 aromatic rings. The lowest BCUT2D eigenvalue weighted by Gasteiger charge is -1.72. The molecule has 0 saturated carbocycles. The second-order valence-corrected chi connectivity index (χ2v) is 1.10. The standard InChI is InChI=1S/2C2H4O3.2H3N/c2*3-1-2(4)5;;/h2*3H,1H2,(H,4,5);2*1H3. The van der Waals surface area contributed by atoms with Gasteiger partial charge in [-0.05, 0) is 0 Å². The molecule has 0 heterocycles. The SMILES string of the molecule is N.N.O=C(O)CO.O=C(O)CO. The second-order valence-electron chi connectivity index (χ2n) is 1.10. The minimum absolute atomic E-state index is 0. The molecule has 0 bridgehead atoms. The topological polar surface area (TPSA) is 185 Å². The third-order valence-corrected chi connectivity index (χ3v) is 0.271. The number of aliphatic carboxylic acids is 2. The molecule has 0 unspecified atom stereocenters. The average Bonchev–Trinajstić information content (AvgIpc) is 1.89. The molecule has 0 aliphatic heterocycles. The van der Waals surface area contributed by atoms with Crippen molar-refractivity contribution in [2.75, 3.05) is 13.2 Å². The number of aliphatic hydroxyl groups is 2. The van der Waals surface area contributed by atoms with E-state index in [4.69, 9.17) is 30.0 Å². The first-order valence-corrected chi connectivity index (χ1v) is 2.20. The molecule has 0 spiro atoms. The number of aliphatic hydroxyl groups excluding tert-OH is 2. The van der Waals surface area contributed by atoms with Crippen LogP contribution in [0.15, 0.2) is 0 Å². The maximum Gasteiger partial charge on any atom is 0.329 e. The Labute approximate surface area is 68.6 Å². The molecule has 0 saturated heterocycles. The van der Waals surface area contributed by atoms with E-state index < -0.39 is 25.2 Å². The quantitative estimate of drug-likeness (QED) is 0.299. The van der Waals surface area contributed by atoms with E-state index in [2.05, 4.69) is 0 Å². The van der Waals surface area contributed by atoms with Crippen LogP contribution in [-0.4, -0.2) is 45.6 Å². The van der Waals surface area contributed by atoms with Gasteiger partial charge in [0.25, 0.3) is 0 Å². The first-order chi connectivity index (χ1) is 4.54. The van der Waals surface area contributed by atoms with Crippen molar-refractivity contribution in [3.63, 3.8) is 0 Å². The Kier molecular flexibility index (Phi) is 30.7. The highest BCUT2D eigenvalue weighted by Crippen LogP contribution is 1.49. The minimum Gasteiger partial charge on any atom is -0.480 e. The van der Waals surface area contributed by atoms with Gasteiger partial charge in [0.15, 0.2) is 0 Å².